The van der Waals surface area contributed by atoms with Crippen molar-refractivity contribution in [2.45, 2.75) is 98.7 Å². The number of H-pyrrole nitrogens is 1. The molecule has 10 rings (SSSR count). The molecule has 76 heavy (non-hydrogen) atoms. The van der Waals surface area contributed by atoms with Crippen molar-refractivity contribution in [2.75, 3.05) is 37.4 Å². The number of carboxylic acids is 1. The number of phenols is 2. The number of carboxylic acid groups (broad SMARTS) is 1. The van der Waals surface area contributed by atoms with E-state index in [1.807, 2.05) is 6.07 Å². The second kappa shape index (κ2) is 20.7. The summed E-state index contributed by atoms with van der Waals surface area (Å²) in [4.78, 5) is 30.5. The lowest BCUT2D eigenvalue weighted by atomic mass is 9.59. The van der Waals surface area contributed by atoms with Crippen LogP contribution in [-0.4, -0.2) is 131 Å². The number of aliphatic hydroxyl groups excluding tert-OH is 4. The molecule has 0 unspecified atom stereocenters. The van der Waals surface area contributed by atoms with E-state index in [4.69, 9.17) is 29.1 Å². The standard InChI is InChI=1S/C55H61N5O16/c1-28(62)24-58-33-8-4-6-29(19-33)18-31-23-54(70)51(69)55(71,45(31)37-25-57-27-59-37)49(50(67)68)75-52(54)74-41-22-40-44(47(66)48(41)76-53(16-2-3-17-53)32-7-5-9-34(63)20-32)38(64)21-39(73-40)30-10-12-35(13-11-30)72-42(26-61)46(65)36-14-15-43(56)60-36/h4-15,19-23,28,37,42,45-46,49,51-52,57-63,65-66,69-71H,2-3,16-18,24-27,56H2,1H3,(H,67,68)/t28-,37-,42+,45+,46+,49+,51-,52+,54+,55+/m0/s1. The molecule has 6 aromatic rings. The molecule has 0 spiro atoms. The number of hydrogen-bond donors (Lipinski definition) is 14. The van der Waals surface area contributed by atoms with Crippen molar-refractivity contribution in [2.24, 2.45) is 5.92 Å². The van der Waals surface area contributed by atoms with Gasteiger partial charge in [0.1, 0.15) is 57.5 Å². The van der Waals surface area contributed by atoms with Crippen LogP contribution in [-0.2, 0) is 21.6 Å². The number of aromatic nitrogens is 1. The molecule has 2 aliphatic heterocycles. The molecular weight excluding hydrogens is 987 g/mol. The van der Waals surface area contributed by atoms with Crippen molar-refractivity contribution in [1.29, 1.82) is 0 Å². The lowest BCUT2D eigenvalue weighted by molar-refractivity contribution is -0.344. The fourth-order valence-electron chi connectivity index (χ4n) is 11.3. The zero-order valence-corrected chi connectivity index (χ0v) is 41.3. The summed E-state index contributed by atoms with van der Waals surface area (Å²) in [5.41, 5.74) is 1.03. The Bertz CT molecular complexity index is 3190. The molecule has 4 aliphatic rings. The summed E-state index contributed by atoms with van der Waals surface area (Å²) in [7, 11) is 0. The largest absolute Gasteiger partial charge is 0.508 e. The Labute approximate surface area is 434 Å². The number of benzene rings is 4. The number of nitrogen functional groups attached to an aromatic ring is 1. The molecule has 4 aromatic carbocycles. The molecule has 3 fully saturated rings. The van der Waals surface area contributed by atoms with Crippen LogP contribution in [0.15, 0.2) is 118 Å². The lowest BCUT2D eigenvalue weighted by Gasteiger charge is -2.58. The van der Waals surface area contributed by atoms with Crippen molar-refractivity contribution in [3.63, 3.8) is 0 Å². The minimum Gasteiger partial charge on any atom is -0.508 e. The van der Waals surface area contributed by atoms with Crippen molar-refractivity contribution in [3.05, 3.63) is 136 Å². The Morgan fingerprint density at radius 2 is 1.74 bits per heavy atom. The van der Waals surface area contributed by atoms with Gasteiger partial charge in [-0.1, -0.05) is 29.8 Å². The summed E-state index contributed by atoms with van der Waals surface area (Å²) < 4.78 is 31.7. The number of phenolic OH excluding ortho intramolecular Hbond substituents is 2. The Morgan fingerprint density at radius 1 is 0.974 bits per heavy atom. The summed E-state index contributed by atoms with van der Waals surface area (Å²) in [6, 6.07) is 24.6. The Balaban J connectivity index is 1.08. The third-order valence-corrected chi connectivity index (χ3v) is 14.9. The molecule has 2 aliphatic carbocycles. The quantitative estimate of drug-likeness (QED) is 0.0550. The third kappa shape index (κ3) is 9.69. The van der Waals surface area contributed by atoms with Crippen LogP contribution in [0.2, 0.25) is 0 Å². The Morgan fingerprint density at radius 3 is 2.41 bits per heavy atom. The van der Waals surface area contributed by atoms with E-state index in [-0.39, 0.29) is 47.7 Å². The first-order valence-electron chi connectivity index (χ1n) is 25.1. The third-order valence-electron chi connectivity index (χ3n) is 14.9. The van der Waals surface area contributed by atoms with Gasteiger partial charge in [0.05, 0.1) is 12.7 Å². The van der Waals surface area contributed by atoms with Crippen LogP contribution < -0.4 is 41.3 Å². The SMILES string of the molecule is C[C@H](O)CNc1cccc(CC2=C[C@]3(O)[C@H](Oc4cc5oc(-c6ccc(O[C@H](CO)[C@H](O)c7ccc(N)[nH]7)cc6)cc(=O)c5c(O)c4OC4(c5cccc(O)c5)CCCC4)O[C@H](C(=O)O)[C@](O)([C@H]2[C@@H]2CNCN2)[C@H]3O)c1. The van der Waals surface area contributed by atoms with Crippen LogP contribution in [0.5, 0.6) is 28.7 Å². The number of aromatic amines is 1. The first-order chi connectivity index (χ1) is 36.4. The van der Waals surface area contributed by atoms with Crippen molar-refractivity contribution >= 4 is 28.4 Å². The number of ether oxygens (including phenoxy) is 4. The van der Waals surface area contributed by atoms with E-state index in [1.54, 1.807) is 61.5 Å². The van der Waals surface area contributed by atoms with Gasteiger partial charge in [-0.25, -0.2) is 4.79 Å². The molecular formula is C55H61N5O16. The van der Waals surface area contributed by atoms with Gasteiger partial charge < -0.3 is 90.7 Å². The molecule has 2 saturated heterocycles. The number of anilines is 2. The van der Waals surface area contributed by atoms with Gasteiger partial charge in [0.25, 0.3) is 0 Å². The minimum atomic E-state index is -2.72. The van der Waals surface area contributed by atoms with E-state index in [0.29, 0.717) is 71.8 Å². The summed E-state index contributed by atoms with van der Waals surface area (Å²) >= 11 is 0. The van der Waals surface area contributed by atoms with Gasteiger partial charge in [-0.05, 0) is 117 Å². The van der Waals surface area contributed by atoms with Gasteiger partial charge in [0.15, 0.2) is 34.7 Å². The first kappa shape index (κ1) is 52.3. The van der Waals surface area contributed by atoms with E-state index >= 15 is 0 Å². The van der Waals surface area contributed by atoms with Gasteiger partial charge in [0, 0.05) is 60.8 Å². The Hall–Kier alpha value is -7.18. The minimum absolute atomic E-state index is 0.000666. The molecule has 402 valence electrons. The fraction of sp³-hybridized carbons (Fsp3) is 0.382. The molecule has 10 atom stereocenters. The van der Waals surface area contributed by atoms with Gasteiger partial charge in [-0.3, -0.25) is 10.1 Å². The monoisotopic (exact) mass is 1050 g/mol. The highest BCUT2D eigenvalue weighted by atomic mass is 16.7. The summed E-state index contributed by atoms with van der Waals surface area (Å²) in [6.07, 6.45) is -6.26. The number of rotatable bonds is 18. The van der Waals surface area contributed by atoms with Crippen molar-refractivity contribution in [1.82, 2.24) is 15.6 Å². The molecule has 2 bridgehead atoms. The molecule has 21 nitrogen and oxygen atoms in total. The normalized spacial score (nSPS) is 26.1. The number of aliphatic carboxylic acids is 1. The van der Waals surface area contributed by atoms with Crippen LogP contribution in [0.25, 0.3) is 22.3 Å². The number of hydrogen-bond acceptors (Lipinski definition) is 19. The van der Waals surface area contributed by atoms with Crippen LogP contribution in [0.1, 0.15) is 55.5 Å². The second-order valence-corrected chi connectivity index (χ2v) is 20.2. The van der Waals surface area contributed by atoms with Crippen LogP contribution in [0.4, 0.5) is 11.5 Å². The smallest absolute Gasteiger partial charge is 0.336 e. The average Bonchev–Trinajstić information content (AvgIpc) is 4.29. The van der Waals surface area contributed by atoms with Gasteiger partial charge in [-0.2, -0.15) is 0 Å². The number of nitrogens with one attached hydrogen (secondary N) is 4. The molecule has 2 aromatic heterocycles. The van der Waals surface area contributed by atoms with Crippen molar-refractivity contribution < 1.29 is 74.1 Å². The number of fused-ring (bicyclic) bond motifs is 3. The van der Waals surface area contributed by atoms with Crippen LogP contribution in [0, 0.1) is 5.92 Å². The van der Waals surface area contributed by atoms with Crippen LogP contribution >= 0.6 is 0 Å². The molecule has 1 saturated carbocycles. The second-order valence-electron chi connectivity index (χ2n) is 20.2. The molecule has 0 radical (unpaired) electrons. The maximum Gasteiger partial charge on any atom is 0.336 e. The highest BCUT2D eigenvalue weighted by Gasteiger charge is 2.71. The first-order valence-corrected chi connectivity index (χ1v) is 25.1. The molecule has 15 N–H and O–H groups in total. The fourth-order valence-corrected chi connectivity index (χ4v) is 11.3. The molecule has 4 heterocycles. The van der Waals surface area contributed by atoms with Gasteiger partial charge in [-0.15, -0.1) is 0 Å². The molecule has 0 amide bonds. The lowest BCUT2D eigenvalue weighted by Crippen LogP contribution is -2.79. The zero-order chi connectivity index (χ0) is 53.7. The molecule has 21 heteroatoms. The van der Waals surface area contributed by atoms with E-state index in [1.165, 1.54) is 36.4 Å². The summed E-state index contributed by atoms with van der Waals surface area (Å²) in [6.45, 7) is 1.88. The summed E-state index contributed by atoms with van der Waals surface area (Å²) in [5, 5.41) is 112. The predicted molar refractivity (Wildman–Crippen MR) is 275 cm³/mol. The van der Waals surface area contributed by atoms with Crippen molar-refractivity contribution in [3.8, 4) is 40.1 Å². The topological polar surface area (TPSA) is 344 Å². The Kier molecular flexibility index (Phi) is 14.3. The number of nitrogens with two attached hydrogens (primary N) is 1. The highest BCUT2D eigenvalue weighted by Crippen LogP contribution is 2.54. The number of carbonyl (C=O) groups is 1. The average molecular weight is 1050 g/mol. The zero-order valence-electron chi connectivity index (χ0n) is 41.3. The van der Waals surface area contributed by atoms with Gasteiger partial charge >= 0.3 is 5.97 Å². The maximum absolute atomic E-state index is 14.3. The predicted octanol–water partition coefficient (Wildman–Crippen LogP) is 3.22. The van der Waals surface area contributed by atoms with E-state index in [0.717, 1.165) is 6.07 Å². The number of aliphatic hydroxyl groups is 6. The van der Waals surface area contributed by atoms with E-state index in [9.17, 15) is 55.5 Å². The van der Waals surface area contributed by atoms with Gasteiger partial charge in [0.2, 0.25) is 12.0 Å². The van der Waals surface area contributed by atoms with E-state index in [2.05, 4.69) is 20.9 Å². The summed E-state index contributed by atoms with van der Waals surface area (Å²) in [5.74, 6) is -3.96. The number of aromatic hydroxyl groups is 2. The highest BCUT2D eigenvalue weighted by molar-refractivity contribution is 5.90. The van der Waals surface area contributed by atoms with E-state index < -0.39 is 101 Å². The maximum atomic E-state index is 14.3. The van der Waals surface area contributed by atoms with Crippen LogP contribution in [0.3, 0.4) is 0 Å².